The lowest BCUT2D eigenvalue weighted by Gasteiger charge is -2.22. The molecule has 9 heteroatoms. The van der Waals surface area contributed by atoms with Crippen LogP contribution in [0, 0.1) is 13.8 Å². The average Bonchev–Trinajstić information content (AvgIpc) is 3.16. The van der Waals surface area contributed by atoms with E-state index in [1.54, 1.807) is 11.3 Å². The normalized spacial score (nSPS) is 16.7. The predicted molar refractivity (Wildman–Crippen MR) is 120 cm³/mol. The summed E-state index contributed by atoms with van der Waals surface area (Å²) in [5.74, 6) is 1.41. The van der Waals surface area contributed by atoms with Crippen LogP contribution in [0.3, 0.4) is 0 Å². The summed E-state index contributed by atoms with van der Waals surface area (Å²) >= 11 is 1.53. The van der Waals surface area contributed by atoms with Gasteiger partial charge < -0.3 is 4.90 Å². The molecule has 1 aliphatic rings. The van der Waals surface area contributed by atoms with Gasteiger partial charge in [-0.2, -0.15) is 0 Å². The number of carbonyl (C=O) groups excluding carboxylic acids is 1. The molecule has 2 aromatic heterocycles. The maximum absolute atomic E-state index is 13.4. The third-order valence-electron chi connectivity index (χ3n) is 4.67. The van der Waals surface area contributed by atoms with Gasteiger partial charge in [-0.3, -0.25) is 9.63 Å². The molecular formula is C21H24ClN5O2S. The molecule has 0 N–H and O–H groups in total. The van der Waals surface area contributed by atoms with Gasteiger partial charge in [0.05, 0.1) is 6.54 Å². The Hall–Kier alpha value is -2.55. The number of carbonyl (C=O) groups is 1. The molecule has 0 spiro atoms. The molecular weight excluding hydrogens is 422 g/mol. The van der Waals surface area contributed by atoms with Crippen LogP contribution >= 0.6 is 23.7 Å². The van der Waals surface area contributed by atoms with E-state index in [2.05, 4.69) is 15.0 Å². The Kier molecular flexibility index (Phi) is 7.02. The first kappa shape index (κ1) is 22.1. The van der Waals surface area contributed by atoms with E-state index in [9.17, 15) is 4.79 Å². The second-order valence-electron chi connectivity index (χ2n) is 7.07. The van der Waals surface area contributed by atoms with Gasteiger partial charge in [0.2, 0.25) is 0 Å². The zero-order valence-corrected chi connectivity index (χ0v) is 18.7. The van der Waals surface area contributed by atoms with Crippen molar-refractivity contribution in [2.75, 3.05) is 24.7 Å². The molecule has 0 radical (unpaired) electrons. The van der Waals surface area contributed by atoms with Crippen LogP contribution in [0.2, 0.25) is 0 Å². The van der Waals surface area contributed by atoms with Crippen molar-refractivity contribution in [3.63, 3.8) is 0 Å². The van der Waals surface area contributed by atoms with Gasteiger partial charge in [-0.15, -0.1) is 23.7 Å². The molecule has 1 atom stereocenters. The highest BCUT2D eigenvalue weighted by molar-refractivity contribution is 7.13. The van der Waals surface area contributed by atoms with Gasteiger partial charge in [0, 0.05) is 47.6 Å². The van der Waals surface area contributed by atoms with Crippen LogP contribution in [0.25, 0.3) is 10.6 Å². The highest BCUT2D eigenvalue weighted by atomic mass is 35.5. The Labute approximate surface area is 186 Å². The van der Waals surface area contributed by atoms with Crippen molar-refractivity contribution in [3.05, 3.63) is 59.0 Å². The van der Waals surface area contributed by atoms with Crippen molar-refractivity contribution in [2.45, 2.75) is 26.9 Å². The van der Waals surface area contributed by atoms with E-state index >= 15 is 0 Å². The first-order valence-corrected chi connectivity index (χ1v) is 10.4. The van der Waals surface area contributed by atoms with E-state index in [0.717, 1.165) is 22.1 Å². The number of halogens is 1. The Morgan fingerprint density at radius 3 is 2.73 bits per heavy atom. The maximum atomic E-state index is 13.4. The lowest BCUT2D eigenvalue weighted by atomic mass is 10.1. The summed E-state index contributed by atoms with van der Waals surface area (Å²) in [4.78, 5) is 34.5. The largest absolute Gasteiger partial charge is 0.334 e. The smallest absolute Gasteiger partial charge is 0.254 e. The quantitative estimate of drug-likeness (QED) is 0.608. The number of aromatic nitrogens is 3. The molecule has 1 saturated heterocycles. The minimum atomic E-state index is -0.163. The number of thiazole rings is 1. The standard InChI is InChI=1S/C21H23N5O2S.ClH/c1-14-12-19(24-16(3)23-14)26-10-9-25(13-15(2)28-26)21(27)18-7-5-4-6-17(18)20-22-8-11-29-20;/h4-8,11-12,15H,9-10,13H2,1-3H3;1H/t15-;/m0./s1. The Bertz CT molecular complexity index is 994. The third kappa shape index (κ3) is 4.77. The number of hydrogen-bond acceptors (Lipinski definition) is 7. The molecule has 1 aliphatic heterocycles. The van der Waals surface area contributed by atoms with E-state index in [4.69, 9.17) is 4.84 Å². The number of amides is 1. The van der Waals surface area contributed by atoms with E-state index in [1.165, 1.54) is 11.3 Å². The molecule has 7 nitrogen and oxygen atoms in total. The summed E-state index contributed by atoms with van der Waals surface area (Å²) in [7, 11) is 0. The zero-order valence-electron chi connectivity index (χ0n) is 17.1. The minimum Gasteiger partial charge on any atom is -0.334 e. The summed E-state index contributed by atoms with van der Waals surface area (Å²) in [6.45, 7) is 7.34. The van der Waals surface area contributed by atoms with Gasteiger partial charge in [-0.1, -0.05) is 18.2 Å². The first-order valence-electron chi connectivity index (χ1n) is 9.56. The van der Waals surface area contributed by atoms with Gasteiger partial charge in [-0.25, -0.2) is 20.0 Å². The summed E-state index contributed by atoms with van der Waals surface area (Å²) in [5, 5.41) is 4.54. The lowest BCUT2D eigenvalue weighted by Crippen LogP contribution is -2.37. The molecule has 4 rings (SSSR count). The highest BCUT2D eigenvalue weighted by Crippen LogP contribution is 2.27. The fraction of sp³-hybridized carbons (Fsp3) is 0.333. The second-order valence-corrected chi connectivity index (χ2v) is 7.96. The van der Waals surface area contributed by atoms with Crippen molar-refractivity contribution in [2.24, 2.45) is 0 Å². The van der Waals surface area contributed by atoms with E-state index in [-0.39, 0.29) is 24.4 Å². The van der Waals surface area contributed by atoms with Gasteiger partial charge >= 0.3 is 0 Å². The van der Waals surface area contributed by atoms with Crippen LogP contribution in [0.5, 0.6) is 0 Å². The van der Waals surface area contributed by atoms with Gasteiger partial charge in [-0.05, 0) is 26.8 Å². The lowest BCUT2D eigenvalue weighted by molar-refractivity contribution is 0.0423. The monoisotopic (exact) mass is 445 g/mol. The third-order valence-corrected chi connectivity index (χ3v) is 5.48. The highest BCUT2D eigenvalue weighted by Gasteiger charge is 2.27. The maximum Gasteiger partial charge on any atom is 0.254 e. The zero-order chi connectivity index (χ0) is 20.4. The fourth-order valence-electron chi connectivity index (χ4n) is 3.48. The number of anilines is 1. The van der Waals surface area contributed by atoms with Gasteiger partial charge in [0.15, 0.2) is 5.82 Å². The average molecular weight is 446 g/mol. The topological polar surface area (TPSA) is 71.5 Å². The van der Waals surface area contributed by atoms with Crippen LogP contribution in [0.1, 0.15) is 28.8 Å². The number of benzene rings is 1. The first-order chi connectivity index (χ1) is 14.0. The van der Waals surface area contributed by atoms with E-state index in [0.29, 0.717) is 31.0 Å². The summed E-state index contributed by atoms with van der Waals surface area (Å²) in [6.07, 6.45) is 1.59. The predicted octanol–water partition coefficient (Wildman–Crippen LogP) is 3.92. The molecule has 1 amide bonds. The van der Waals surface area contributed by atoms with Crippen molar-refractivity contribution in [3.8, 4) is 10.6 Å². The van der Waals surface area contributed by atoms with E-state index < -0.39 is 0 Å². The molecule has 1 fully saturated rings. The number of hydrogen-bond donors (Lipinski definition) is 0. The van der Waals surface area contributed by atoms with Crippen LogP contribution in [0.4, 0.5) is 5.82 Å². The number of aryl methyl sites for hydroxylation is 2. The summed E-state index contributed by atoms with van der Waals surface area (Å²) in [5.41, 5.74) is 2.42. The van der Waals surface area contributed by atoms with Crippen LogP contribution in [0.15, 0.2) is 41.9 Å². The molecule has 0 saturated carbocycles. The van der Waals surface area contributed by atoms with Crippen molar-refractivity contribution in [1.29, 1.82) is 0 Å². The van der Waals surface area contributed by atoms with Crippen LogP contribution < -0.4 is 5.06 Å². The number of nitrogens with zero attached hydrogens (tertiary/aromatic N) is 5. The van der Waals surface area contributed by atoms with E-state index in [1.807, 2.05) is 61.4 Å². The summed E-state index contributed by atoms with van der Waals surface area (Å²) < 4.78 is 0. The van der Waals surface area contributed by atoms with Crippen molar-refractivity contribution >= 4 is 35.5 Å². The van der Waals surface area contributed by atoms with Crippen molar-refractivity contribution in [1.82, 2.24) is 19.9 Å². The molecule has 3 aromatic rings. The Balaban J connectivity index is 0.00000256. The van der Waals surface area contributed by atoms with Gasteiger partial charge in [0.25, 0.3) is 5.91 Å². The van der Waals surface area contributed by atoms with Crippen LogP contribution in [-0.2, 0) is 4.84 Å². The van der Waals surface area contributed by atoms with Gasteiger partial charge in [0.1, 0.15) is 16.9 Å². The molecule has 30 heavy (non-hydrogen) atoms. The molecule has 1 aromatic carbocycles. The number of hydroxylamine groups is 1. The molecule has 0 bridgehead atoms. The van der Waals surface area contributed by atoms with Crippen molar-refractivity contribution < 1.29 is 9.63 Å². The molecule has 158 valence electrons. The minimum absolute atomic E-state index is 0. The second kappa shape index (κ2) is 9.51. The SMILES string of the molecule is Cc1cc(N2CCN(C(=O)c3ccccc3-c3nccs3)C[C@H](C)O2)nc(C)n1.Cl. The number of rotatable bonds is 3. The fourth-order valence-corrected chi connectivity index (χ4v) is 4.15. The summed E-state index contributed by atoms with van der Waals surface area (Å²) in [6, 6.07) is 9.53. The Morgan fingerprint density at radius 2 is 2.00 bits per heavy atom. The molecule has 0 unspecified atom stereocenters. The van der Waals surface area contributed by atoms with Crippen LogP contribution in [-0.4, -0.2) is 51.5 Å². The molecule has 0 aliphatic carbocycles. The molecule has 3 heterocycles. The Morgan fingerprint density at radius 1 is 1.20 bits per heavy atom.